The minimum absolute atomic E-state index is 0.113. The zero-order valence-electron chi connectivity index (χ0n) is 16.2. The normalized spacial score (nSPS) is 19.2. The lowest BCUT2D eigenvalue weighted by Gasteiger charge is -2.28. The number of rotatable bonds is 5. The number of ether oxygens (including phenoxy) is 2. The Morgan fingerprint density at radius 3 is 2.83 bits per heavy atom. The number of carbonyl (C=O) groups is 1. The van der Waals surface area contributed by atoms with Gasteiger partial charge in [0.1, 0.15) is 11.5 Å². The number of nitrogens with one attached hydrogen (secondary N) is 2. The first-order valence-corrected chi connectivity index (χ1v) is 10.3. The highest BCUT2D eigenvalue weighted by molar-refractivity contribution is 5.77. The van der Waals surface area contributed by atoms with Gasteiger partial charge in [-0.2, -0.15) is 0 Å². The average Bonchev–Trinajstić information content (AvgIpc) is 3.56. The van der Waals surface area contributed by atoms with Gasteiger partial charge in [-0.05, 0) is 74.4 Å². The van der Waals surface area contributed by atoms with Gasteiger partial charge in [0.2, 0.25) is 5.88 Å². The second kappa shape index (κ2) is 7.55. The number of fused-ring (bicyclic) bond motifs is 1. The summed E-state index contributed by atoms with van der Waals surface area (Å²) in [6.07, 6.45) is 3.90. The maximum Gasteiger partial charge on any atom is 0.414 e. The van der Waals surface area contributed by atoms with E-state index >= 15 is 0 Å². The maximum absolute atomic E-state index is 11.8. The van der Waals surface area contributed by atoms with Crippen molar-refractivity contribution in [2.75, 3.05) is 19.7 Å². The van der Waals surface area contributed by atoms with Crippen LogP contribution in [0.1, 0.15) is 42.7 Å². The van der Waals surface area contributed by atoms with Crippen LogP contribution in [-0.4, -0.2) is 35.9 Å². The molecule has 1 saturated heterocycles. The van der Waals surface area contributed by atoms with E-state index in [-0.39, 0.29) is 5.75 Å². The molecule has 1 saturated carbocycles. The summed E-state index contributed by atoms with van der Waals surface area (Å²) in [6.45, 7) is 2.96. The lowest BCUT2D eigenvalue weighted by Crippen LogP contribution is -2.34. The standard InChI is InChI=1S/C22H25N3O4/c26-18-2-1-3-19(28-12-13-4-5-13)20(18)17-10-15(14-6-8-23-9-7-14)16-11-24-22(27)29-21(16)25-17/h1-3,10,13-14,23,26H,4-9,11-12H2,(H,24,27). The molecule has 1 aromatic heterocycles. The van der Waals surface area contributed by atoms with E-state index in [1.165, 1.54) is 12.8 Å². The van der Waals surface area contributed by atoms with Crippen LogP contribution in [0.4, 0.5) is 4.79 Å². The fourth-order valence-electron chi connectivity index (χ4n) is 4.13. The van der Waals surface area contributed by atoms with Crippen LogP contribution in [0.2, 0.25) is 0 Å². The Labute approximate surface area is 169 Å². The van der Waals surface area contributed by atoms with Gasteiger partial charge in [-0.3, -0.25) is 0 Å². The number of phenolic OH excluding ortho intramolecular Hbond substituents is 1. The Morgan fingerprint density at radius 2 is 2.03 bits per heavy atom. The summed E-state index contributed by atoms with van der Waals surface area (Å²) in [6, 6.07) is 7.31. The van der Waals surface area contributed by atoms with Crippen LogP contribution in [0.3, 0.4) is 0 Å². The summed E-state index contributed by atoms with van der Waals surface area (Å²) >= 11 is 0. The molecule has 0 unspecified atom stereocenters. The number of nitrogens with zero attached hydrogens (tertiary/aromatic N) is 1. The van der Waals surface area contributed by atoms with Gasteiger partial charge < -0.3 is 25.2 Å². The van der Waals surface area contributed by atoms with Gasteiger partial charge in [0.25, 0.3) is 0 Å². The number of benzene rings is 1. The molecule has 0 atom stereocenters. The summed E-state index contributed by atoms with van der Waals surface area (Å²) in [5.41, 5.74) is 3.19. The second-order valence-corrected chi connectivity index (χ2v) is 8.05. The maximum atomic E-state index is 11.8. The van der Waals surface area contributed by atoms with Crippen LogP contribution in [0, 0.1) is 5.92 Å². The van der Waals surface area contributed by atoms with E-state index < -0.39 is 6.09 Å². The highest BCUT2D eigenvalue weighted by atomic mass is 16.6. The SMILES string of the molecule is O=C1NCc2c(C3CCNCC3)cc(-c3c(O)cccc3OCC3CC3)nc2O1. The molecule has 1 aromatic carbocycles. The molecule has 2 aromatic rings. The second-order valence-electron chi connectivity index (χ2n) is 8.05. The van der Waals surface area contributed by atoms with Crippen molar-refractivity contribution in [3.8, 4) is 28.6 Å². The number of amides is 1. The van der Waals surface area contributed by atoms with Crippen LogP contribution in [0.5, 0.6) is 17.4 Å². The number of hydrogen-bond donors (Lipinski definition) is 3. The van der Waals surface area contributed by atoms with Crippen LogP contribution < -0.4 is 20.1 Å². The van der Waals surface area contributed by atoms with Crippen molar-refractivity contribution in [2.24, 2.45) is 5.92 Å². The van der Waals surface area contributed by atoms with Crippen molar-refractivity contribution in [3.63, 3.8) is 0 Å². The number of phenols is 1. The number of aromatic nitrogens is 1. The third-order valence-corrected chi connectivity index (χ3v) is 5.93. The Balaban J connectivity index is 1.59. The van der Waals surface area contributed by atoms with Gasteiger partial charge in [-0.25, -0.2) is 9.78 Å². The molecule has 0 spiro atoms. The monoisotopic (exact) mass is 395 g/mol. The van der Waals surface area contributed by atoms with Crippen LogP contribution in [0.25, 0.3) is 11.3 Å². The molecule has 2 aliphatic heterocycles. The number of piperidine rings is 1. The van der Waals surface area contributed by atoms with Crippen LogP contribution in [-0.2, 0) is 6.54 Å². The smallest absolute Gasteiger partial charge is 0.414 e. The van der Waals surface area contributed by atoms with Crippen LogP contribution in [0.15, 0.2) is 24.3 Å². The van der Waals surface area contributed by atoms with Crippen molar-refractivity contribution in [2.45, 2.75) is 38.1 Å². The first-order chi connectivity index (χ1) is 14.2. The lowest BCUT2D eigenvalue weighted by molar-refractivity contribution is 0.192. The molecule has 2 fully saturated rings. The Hall–Kier alpha value is -2.80. The molecule has 7 nitrogen and oxygen atoms in total. The lowest BCUT2D eigenvalue weighted by atomic mass is 9.86. The third kappa shape index (κ3) is 3.74. The predicted octanol–water partition coefficient (Wildman–Crippen LogP) is 3.31. The van der Waals surface area contributed by atoms with Gasteiger partial charge in [-0.1, -0.05) is 6.07 Å². The Morgan fingerprint density at radius 1 is 1.21 bits per heavy atom. The van der Waals surface area contributed by atoms with Gasteiger partial charge in [0, 0.05) is 5.56 Å². The molecule has 3 aliphatic rings. The van der Waals surface area contributed by atoms with Gasteiger partial charge >= 0.3 is 6.09 Å². The summed E-state index contributed by atoms with van der Waals surface area (Å²) < 4.78 is 11.4. The number of pyridine rings is 1. The molecule has 152 valence electrons. The quantitative estimate of drug-likeness (QED) is 0.719. The third-order valence-electron chi connectivity index (χ3n) is 5.93. The summed E-state index contributed by atoms with van der Waals surface area (Å²) in [7, 11) is 0. The molecular formula is C22H25N3O4. The average molecular weight is 395 g/mol. The zero-order valence-corrected chi connectivity index (χ0v) is 16.2. The first kappa shape index (κ1) is 18.2. The number of hydrogen-bond acceptors (Lipinski definition) is 6. The first-order valence-electron chi connectivity index (χ1n) is 10.3. The van der Waals surface area contributed by atoms with Crippen molar-refractivity contribution >= 4 is 6.09 Å². The summed E-state index contributed by atoms with van der Waals surface area (Å²) in [5, 5.41) is 16.8. The molecule has 1 amide bonds. The molecule has 5 rings (SSSR count). The molecule has 0 radical (unpaired) electrons. The molecule has 29 heavy (non-hydrogen) atoms. The van der Waals surface area contributed by atoms with E-state index in [0.717, 1.165) is 37.1 Å². The predicted molar refractivity (Wildman–Crippen MR) is 107 cm³/mol. The Bertz CT molecular complexity index is 936. The van der Waals surface area contributed by atoms with E-state index in [9.17, 15) is 9.90 Å². The van der Waals surface area contributed by atoms with Crippen LogP contribution >= 0.6 is 0 Å². The molecular weight excluding hydrogens is 370 g/mol. The van der Waals surface area contributed by atoms with Gasteiger partial charge in [0.15, 0.2) is 0 Å². The number of carbonyl (C=O) groups excluding carboxylic acids is 1. The Kier molecular flexibility index (Phi) is 4.75. The van der Waals surface area contributed by atoms with Gasteiger partial charge in [-0.15, -0.1) is 0 Å². The molecule has 3 heterocycles. The van der Waals surface area contributed by atoms with E-state index in [2.05, 4.69) is 15.6 Å². The van der Waals surface area contributed by atoms with Crippen molar-refractivity contribution in [1.29, 1.82) is 0 Å². The largest absolute Gasteiger partial charge is 0.507 e. The molecule has 0 bridgehead atoms. The van der Waals surface area contributed by atoms with E-state index in [1.807, 2.05) is 12.1 Å². The van der Waals surface area contributed by atoms with Crippen molar-refractivity contribution < 1.29 is 19.4 Å². The summed E-state index contributed by atoms with van der Waals surface area (Å²) in [5.74, 6) is 2.00. The fraction of sp³-hybridized carbons (Fsp3) is 0.455. The minimum atomic E-state index is -0.499. The zero-order chi connectivity index (χ0) is 19.8. The van der Waals surface area contributed by atoms with E-state index in [1.54, 1.807) is 12.1 Å². The highest BCUT2D eigenvalue weighted by Gasteiger charge is 2.29. The fourth-order valence-corrected chi connectivity index (χ4v) is 4.13. The van der Waals surface area contributed by atoms with Crippen molar-refractivity contribution in [1.82, 2.24) is 15.6 Å². The number of aromatic hydroxyl groups is 1. The van der Waals surface area contributed by atoms with Crippen molar-refractivity contribution in [3.05, 3.63) is 35.4 Å². The van der Waals surface area contributed by atoms with E-state index in [0.29, 0.717) is 47.9 Å². The topological polar surface area (TPSA) is 92.7 Å². The van der Waals surface area contributed by atoms with Gasteiger partial charge in [0.05, 0.1) is 24.4 Å². The van der Waals surface area contributed by atoms with E-state index in [4.69, 9.17) is 9.47 Å². The highest BCUT2D eigenvalue weighted by Crippen LogP contribution is 2.42. The molecule has 1 aliphatic carbocycles. The minimum Gasteiger partial charge on any atom is -0.507 e. The molecule has 7 heteroatoms. The summed E-state index contributed by atoms with van der Waals surface area (Å²) in [4.78, 5) is 16.4. The molecule has 3 N–H and O–H groups in total.